The second-order valence-electron chi connectivity index (χ2n) is 3.14. The Balaban J connectivity index is 0. The van der Waals surface area contributed by atoms with Crippen molar-refractivity contribution in [3.05, 3.63) is 0 Å². The molecule has 0 heterocycles. The van der Waals surface area contributed by atoms with Crippen molar-refractivity contribution in [2.75, 3.05) is 21.1 Å². The van der Waals surface area contributed by atoms with Crippen molar-refractivity contribution >= 4 is 0 Å². The summed E-state index contributed by atoms with van der Waals surface area (Å²) in [4.78, 5) is 0. The van der Waals surface area contributed by atoms with Crippen LogP contribution in [-0.2, 0) is 0 Å². The highest BCUT2D eigenvalue weighted by atomic mass is 127. The van der Waals surface area contributed by atoms with E-state index in [2.05, 4.69) is 0 Å². The lowest BCUT2D eigenvalue weighted by molar-refractivity contribution is -0.979. The van der Waals surface area contributed by atoms with Crippen LogP contribution in [0.2, 0.25) is 0 Å². The molecule has 4 heteroatoms. The quantitative estimate of drug-likeness (QED) is 0.311. The average Bonchev–Trinajstić information content (AvgIpc) is 1.64. The van der Waals surface area contributed by atoms with Crippen LogP contribution in [0.5, 0.6) is 0 Å². The van der Waals surface area contributed by atoms with Crippen LogP contribution in [0.25, 0.3) is 0 Å². The zero-order valence-electron chi connectivity index (χ0n) is 6.93. The topological polar surface area (TPSA) is 40.5 Å². The van der Waals surface area contributed by atoms with Crippen LogP contribution in [0.3, 0.4) is 0 Å². The molecule has 0 aliphatic rings. The van der Waals surface area contributed by atoms with Crippen LogP contribution in [0.15, 0.2) is 0 Å². The van der Waals surface area contributed by atoms with Crippen LogP contribution >= 0.6 is 0 Å². The number of quaternary nitrogens is 1. The van der Waals surface area contributed by atoms with Gasteiger partial charge in [0.25, 0.3) is 0 Å². The molecule has 0 spiro atoms. The lowest BCUT2D eigenvalue weighted by Gasteiger charge is -2.36. The molecule has 3 nitrogen and oxygen atoms in total. The first-order valence-corrected chi connectivity index (χ1v) is 3.07. The summed E-state index contributed by atoms with van der Waals surface area (Å²) in [6.07, 6.45) is 0.344. The van der Waals surface area contributed by atoms with Gasteiger partial charge in [0.05, 0.1) is 27.6 Å². The maximum atomic E-state index is 9.19. The number of hydrogen-bond donors (Lipinski definition) is 2. The van der Waals surface area contributed by atoms with Crippen LogP contribution in [0, 0.1) is 0 Å². The van der Waals surface area contributed by atoms with Crippen molar-refractivity contribution in [2.45, 2.75) is 19.3 Å². The molecule has 0 unspecified atom stereocenters. The Hall–Kier alpha value is 0.610. The van der Waals surface area contributed by atoms with Crippen molar-refractivity contribution in [2.24, 2.45) is 0 Å². The molecule has 0 aromatic rings. The smallest absolute Gasteiger partial charge is 0.313 e. The number of rotatable bonds is 2. The van der Waals surface area contributed by atoms with Gasteiger partial charge in [0, 0.05) is 0 Å². The second-order valence-corrected chi connectivity index (χ2v) is 3.14. The third kappa shape index (κ3) is 3.14. The maximum Gasteiger partial charge on any atom is 0.313 e. The Bertz CT molecular complexity index is 98.4. The monoisotopic (exact) mass is 261 g/mol. The number of nitrogens with zero attached hydrogens (tertiary/aromatic N) is 1. The minimum absolute atomic E-state index is 0. The Morgan fingerprint density at radius 2 is 1.50 bits per heavy atom. The van der Waals surface area contributed by atoms with Gasteiger partial charge in [-0.05, 0) is 0 Å². The summed E-state index contributed by atoms with van der Waals surface area (Å²) in [5.74, 6) is -1.58. The summed E-state index contributed by atoms with van der Waals surface area (Å²) in [6.45, 7) is 1.74. The molecule has 0 aromatic heterocycles. The molecule has 0 aliphatic heterocycles. The fourth-order valence-corrected chi connectivity index (χ4v) is 0.474. The average molecular weight is 261 g/mol. The highest BCUT2D eigenvalue weighted by Gasteiger charge is 2.36. The Labute approximate surface area is 79.3 Å². The van der Waals surface area contributed by atoms with Gasteiger partial charge in [-0.25, -0.2) is 0 Å². The molecular weight excluding hydrogens is 245 g/mol. The van der Waals surface area contributed by atoms with E-state index in [1.807, 2.05) is 0 Å². The van der Waals surface area contributed by atoms with E-state index in [9.17, 15) is 10.2 Å². The zero-order chi connectivity index (χ0) is 7.71. The lowest BCUT2D eigenvalue weighted by atomic mass is 10.3. The summed E-state index contributed by atoms with van der Waals surface area (Å²) in [6, 6.07) is 0. The molecule has 0 atom stereocenters. The van der Waals surface area contributed by atoms with Crippen LogP contribution in [-0.4, -0.2) is 41.8 Å². The van der Waals surface area contributed by atoms with Crippen LogP contribution < -0.4 is 24.0 Å². The van der Waals surface area contributed by atoms with Gasteiger partial charge in [-0.15, -0.1) is 0 Å². The third-order valence-corrected chi connectivity index (χ3v) is 1.55. The highest BCUT2D eigenvalue weighted by molar-refractivity contribution is 4.43. The van der Waals surface area contributed by atoms with Gasteiger partial charge in [-0.1, -0.05) is 6.92 Å². The van der Waals surface area contributed by atoms with E-state index in [0.29, 0.717) is 6.42 Å². The number of aliphatic hydroxyl groups is 2. The van der Waals surface area contributed by atoms with Crippen LogP contribution in [0.1, 0.15) is 13.3 Å². The Morgan fingerprint density at radius 3 is 1.50 bits per heavy atom. The molecule has 0 aliphatic carbocycles. The van der Waals surface area contributed by atoms with E-state index < -0.39 is 5.91 Å². The van der Waals surface area contributed by atoms with E-state index in [4.69, 9.17) is 0 Å². The van der Waals surface area contributed by atoms with Gasteiger partial charge in [-0.2, -0.15) is 0 Å². The van der Waals surface area contributed by atoms with Gasteiger partial charge in [0.2, 0.25) is 0 Å². The van der Waals surface area contributed by atoms with Crippen molar-refractivity contribution in [1.82, 2.24) is 0 Å². The van der Waals surface area contributed by atoms with E-state index >= 15 is 0 Å². The van der Waals surface area contributed by atoms with E-state index in [1.54, 1.807) is 28.1 Å². The van der Waals surface area contributed by atoms with Gasteiger partial charge in [0.1, 0.15) is 0 Å². The Morgan fingerprint density at radius 1 is 1.20 bits per heavy atom. The van der Waals surface area contributed by atoms with Gasteiger partial charge in [0.15, 0.2) is 0 Å². The molecule has 0 rings (SSSR count). The molecule has 0 saturated heterocycles. The zero-order valence-corrected chi connectivity index (χ0v) is 9.08. The van der Waals surface area contributed by atoms with E-state index in [0.717, 1.165) is 0 Å². The summed E-state index contributed by atoms with van der Waals surface area (Å²) in [5, 5.41) is 18.4. The van der Waals surface area contributed by atoms with Crippen molar-refractivity contribution in [3.8, 4) is 0 Å². The standard InChI is InChI=1S/C6H16NO2.HI/c1-5-6(8,9)7(2,3)4;/h8-9H,5H2,1-4H3;1H/q+1;/p-1. The maximum absolute atomic E-state index is 9.19. The molecule has 0 radical (unpaired) electrons. The van der Waals surface area contributed by atoms with Crippen molar-refractivity contribution in [1.29, 1.82) is 0 Å². The fourth-order valence-electron chi connectivity index (χ4n) is 0.474. The normalized spacial score (nSPS) is 12.6. The summed E-state index contributed by atoms with van der Waals surface area (Å²) in [7, 11) is 5.22. The number of hydrogen-bond acceptors (Lipinski definition) is 2. The molecule has 0 bridgehead atoms. The highest BCUT2D eigenvalue weighted by Crippen LogP contribution is 2.14. The predicted octanol–water partition coefficient (Wildman–Crippen LogP) is -3.25. The fraction of sp³-hybridized carbons (Fsp3) is 1.00. The van der Waals surface area contributed by atoms with Crippen molar-refractivity contribution in [3.63, 3.8) is 0 Å². The summed E-state index contributed by atoms with van der Waals surface area (Å²) in [5.41, 5.74) is 0. The molecule has 0 saturated carbocycles. The van der Waals surface area contributed by atoms with Gasteiger partial charge >= 0.3 is 5.91 Å². The largest absolute Gasteiger partial charge is 1.00 e. The minimum Gasteiger partial charge on any atom is -1.00 e. The molecule has 0 aromatic carbocycles. The second kappa shape index (κ2) is 3.85. The van der Waals surface area contributed by atoms with E-state index in [1.165, 1.54) is 0 Å². The van der Waals surface area contributed by atoms with Gasteiger partial charge in [-0.3, -0.25) is 4.48 Å². The summed E-state index contributed by atoms with van der Waals surface area (Å²) < 4.78 is 0.156. The SMILES string of the molecule is CCC(O)(O)[N+](C)(C)C.[I-]. The first-order chi connectivity index (χ1) is 3.81. The third-order valence-electron chi connectivity index (χ3n) is 1.55. The Kier molecular flexibility index (Phi) is 5.08. The molecule has 64 valence electrons. The first-order valence-electron chi connectivity index (χ1n) is 3.07. The predicted molar refractivity (Wildman–Crippen MR) is 35.5 cm³/mol. The summed E-state index contributed by atoms with van der Waals surface area (Å²) >= 11 is 0. The molecular formula is C6H16INO2. The van der Waals surface area contributed by atoms with Crippen molar-refractivity contribution < 1.29 is 38.7 Å². The molecule has 0 fully saturated rings. The molecule has 10 heavy (non-hydrogen) atoms. The molecule has 2 N–H and O–H groups in total. The van der Waals surface area contributed by atoms with E-state index in [-0.39, 0.29) is 28.5 Å². The first kappa shape index (κ1) is 13.2. The van der Waals surface area contributed by atoms with Gasteiger partial charge < -0.3 is 34.2 Å². The minimum atomic E-state index is -1.58. The molecule has 0 amide bonds. The lowest BCUT2D eigenvalue weighted by Crippen LogP contribution is -3.00. The number of halogens is 1. The van der Waals surface area contributed by atoms with Crippen LogP contribution in [0.4, 0.5) is 0 Å².